The molecule has 2 aliphatic rings. The van der Waals surface area contributed by atoms with Gasteiger partial charge >= 0.3 is 0 Å². The maximum atomic E-state index is 13.1. The van der Waals surface area contributed by atoms with Crippen LogP contribution in [0.2, 0.25) is 0 Å². The van der Waals surface area contributed by atoms with Crippen LogP contribution in [0.15, 0.2) is 34.8 Å². The van der Waals surface area contributed by atoms with Gasteiger partial charge in [0.2, 0.25) is 5.91 Å². The Labute approximate surface area is 168 Å². The molecule has 0 radical (unpaired) electrons. The van der Waals surface area contributed by atoms with Gasteiger partial charge in [0.05, 0.1) is 11.0 Å². The quantitative estimate of drug-likeness (QED) is 0.613. The zero-order chi connectivity index (χ0) is 19.3. The van der Waals surface area contributed by atoms with Gasteiger partial charge in [-0.25, -0.2) is 0 Å². The summed E-state index contributed by atoms with van der Waals surface area (Å²) in [4.78, 5) is 27.4. The summed E-state index contributed by atoms with van der Waals surface area (Å²) in [5.41, 5.74) is 0.124. The lowest BCUT2D eigenvalue weighted by Gasteiger charge is -2.38. The van der Waals surface area contributed by atoms with E-state index >= 15 is 0 Å². The molecule has 0 atom stereocenters. The second kappa shape index (κ2) is 8.89. The van der Waals surface area contributed by atoms with E-state index in [1.54, 1.807) is 17.0 Å². The molecule has 6 nitrogen and oxygen atoms in total. The van der Waals surface area contributed by atoms with Crippen molar-refractivity contribution in [1.82, 2.24) is 15.5 Å². The van der Waals surface area contributed by atoms with Crippen LogP contribution in [0.3, 0.4) is 0 Å². The van der Waals surface area contributed by atoms with E-state index in [1.807, 2.05) is 25.3 Å². The van der Waals surface area contributed by atoms with E-state index in [2.05, 4.69) is 26.6 Å². The minimum absolute atomic E-state index is 0.158. The van der Waals surface area contributed by atoms with Gasteiger partial charge in [-0.05, 0) is 50.6 Å². The molecular weight excluding hydrogens is 410 g/mol. The number of likely N-dealkylation sites (N-methyl/N-ethyl adjacent to an activating group) is 1. The van der Waals surface area contributed by atoms with Crippen LogP contribution in [0.25, 0.3) is 0 Å². The van der Waals surface area contributed by atoms with Crippen molar-refractivity contribution in [2.75, 3.05) is 39.8 Å². The van der Waals surface area contributed by atoms with Crippen molar-refractivity contribution in [3.63, 3.8) is 0 Å². The Bertz CT molecular complexity index is 729. The number of allylic oxidation sites excluding steroid dienone is 1. The van der Waals surface area contributed by atoms with Gasteiger partial charge in [0.1, 0.15) is 12.4 Å². The van der Waals surface area contributed by atoms with Gasteiger partial charge < -0.3 is 20.3 Å². The molecule has 27 heavy (non-hydrogen) atoms. The van der Waals surface area contributed by atoms with E-state index in [0.29, 0.717) is 37.4 Å². The van der Waals surface area contributed by atoms with E-state index in [1.165, 1.54) is 0 Å². The molecule has 1 aromatic carbocycles. The van der Waals surface area contributed by atoms with Gasteiger partial charge in [-0.2, -0.15) is 0 Å². The number of ether oxygens (including phenoxy) is 1. The van der Waals surface area contributed by atoms with Crippen LogP contribution in [0, 0.1) is 5.41 Å². The minimum atomic E-state index is -0.369. The molecular formula is C20H26BrN3O3. The Morgan fingerprint density at radius 1 is 1.15 bits per heavy atom. The summed E-state index contributed by atoms with van der Waals surface area (Å²) in [5, 5.41) is 6.23. The standard InChI is InChI=1S/C20H26BrN3O3/c1-24-12-11-23-18(25)16-5-4-15(21)14-17(16)27-13-3-2-6-20(19(24)26)7-9-22-10-8-20/h2-5,14,22H,6-13H2,1H3,(H,23,25)/b3-2+. The molecule has 7 heteroatoms. The third-order valence-corrected chi connectivity index (χ3v) is 5.79. The van der Waals surface area contributed by atoms with Crippen LogP contribution in [-0.4, -0.2) is 56.5 Å². The van der Waals surface area contributed by atoms with Crippen LogP contribution in [0.1, 0.15) is 29.6 Å². The number of halogens is 1. The number of hydrogen-bond acceptors (Lipinski definition) is 4. The molecule has 3 rings (SSSR count). The van der Waals surface area contributed by atoms with E-state index in [9.17, 15) is 9.59 Å². The Balaban J connectivity index is 1.83. The van der Waals surface area contributed by atoms with Crippen molar-refractivity contribution in [3.8, 4) is 5.75 Å². The largest absolute Gasteiger partial charge is 0.489 e. The zero-order valence-corrected chi connectivity index (χ0v) is 17.2. The molecule has 0 bridgehead atoms. The smallest absolute Gasteiger partial charge is 0.255 e. The molecule has 1 aromatic rings. The molecule has 0 unspecified atom stereocenters. The highest BCUT2D eigenvalue weighted by Crippen LogP contribution is 2.35. The van der Waals surface area contributed by atoms with Crippen molar-refractivity contribution in [3.05, 3.63) is 40.4 Å². The molecule has 1 spiro atoms. The number of hydrogen-bond donors (Lipinski definition) is 2. The molecule has 0 aliphatic carbocycles. The van der Waals surface area contributed by atoms with Crippen molar-refractivity contribution in [2.45, 2.75) is 19.3 Å². The zero-order valence-electron chi connectivity index (χ0n) is 15.6. The summed E-state index contributed by atoms with van der Waals surface area (Å²) in [6.07, 6.45) is 6.33. The fourth-order valence-corrected chi connectivity index (χ4v) is 4.01. The van der Waals surface area contributed by atoms with Crippen molar-refractivity contribution >= 4 is 27.7 Å². The average Bonchev–Trinajstić information content (AvgIpc) is 2.67. The van der Waals surface area contributed by atoms with Gasteiger partial charge in [-0.1, -0.05) is 28.1 Å². The van der Waals surface area contributed by atoms with E-state index in [-0.39, 0.29) is 17.2 Å². The van der Waals surface area contributed by atoms with Crippen LogP contribution in [0.5, 0.6) is 5.75 Å². The molecule has 1 saturated heterocycles. The molecule has 2 aliphatic heterocycles. The van der Waals surface area contributed by atoms with Crippen LogP contribution >= 0.6 is 15.9 Å². The number of nitrogens with one attached hydrogen (secondary N) is 2. The number of benzene rings is 1. The molecule has 2 amide bonds. The number of nitrogens with zero attached hydrogens (tertiary/aromatic N) is 1. The van der Waals surface area contributed by atoms with Crippen molar-refractivity contribution < 1.29 is 14.3 Å². The lowest BCUT2D eigenvalue weighted by atomic mass is 9.75. The first-order valence-electron chi connectivity index (χ1n) is 9.34. The summed E-state index contributed by atoms with van der Waals surface area (Å²) in [5.74, 6) is 0.505. The number of piperidine rings is 1. The minimum Gasteiger partial charge on any atom is -0.489 e. The van der Waals surface area contributed by atoms with E-state index in [4.69, 9.17) is 4.74 Å². The van der Waals surface area contributed by atoms with E-state index < -0.39 is 0 Å². The summed E-state index contributed by atoms with van der Waals surface area (Å²) in [6, 6.07) is 5.36. The summed E-state index contributed by atoms with van der Waals surface area (Å²) >= 11 is 3.42. The van der Waals surface area contributed by atoms with Crippen LogP contribution in [-0.2, 0) is 4.79 Å². The third kappa shape index (κ3) is 4.71. The van der Waals surface area contributed by atoms with Crippen LogP contribution < -0.4 is 15.4 Å². The number of amides is 2. The van der Waals surface area contributed by atoms with Gasteiger partial charge in [-0.15, -0.1) is 0 Å². The summed E-state index contributed by atoms with van der Waals surface area (Å²) in [7, 11) is 1.82. The second-order valence-corrected chi connectivity index (χ2v) is 8.06. The predicted octanol–water partition coefficient (Wildman–Crippen LogP) is 2.35. The fraction of sp³-hybridized carbons (Fsp3) is 0.500. The maximum absolute atomic E-state index is 13.1. The molecule has 146 valence electrons. The molecule has 1 fully saturated rings. The summed E-state index contributed by atoms with van der Waals surface area (Å²) < 4.78 is 6.68. The Kier molecular flexibility index (Phi) is 6.55. The molecule has 0 saturated carbocycles. The van der Waals surface area contributed by atoms with Gasteiger partial charge in [0, 0.05) is 24.6 Å². The Morgan fingerprint density at radius 3 is 2.70 bits per heavy atom. The lowest BCUT2D eigenvalue weighted by Crippen LogP contribution is -2.49. The average molecular weight is 436 g/mol. The maximum Gasteiger partial charge on any atom is 0.255 e. The first kappa shape index (κ1) is 19.9. The third-order valence-electron chi connectivity index (χ3n) is 5.29. The molecule has 2 heterocycles. The van der Waals surface area contributed by atoms with E-state index in [0.717, 1.165) is 30.4 Å². The predicted molar refractivity (Wildman–Crippen MR) is 108 cm³/mol. The number of carbonyl (C=O) groups excluding carboxylic acids is 2. The number of fused-ring (bicyclic) bond motifs is 1. The first-order chi connectivity index (χ1) is 13.0. The highest BCUT2D eigenvalue weighted by Gasteiger charge is 2.40. The number of rotatable bonds is 0. The highest BCUT2D eigenvalue weighted by molar-refractivity contribution is 9.10. The Morgan fingerprint density at radius 2 is 1.93 bits per heavy atom. The molecule has 0 aromatic heterocycles. The first-order valence-corrected chi connectivity index (χ1v) is 10.1. The van der Waals surface area contributed by atoms with Crippen molar-refractivity contribution in [2.24, 2.45) is 5.41 Å². The number of carbonyl (C=O) groups is 2. The highest BCUT2D eigenvalue weighted by atomic mass is 79.9. The van der Waals surface area contributed by atoms with Gasteiger partial charge in [-0.3, -0.25) is 9.59 Å². The normalized spacial score (nSPS) is 22.4. The topological polar surface area (TPSA) is 70.7 Å². The monoisotopic (exact) mass is 435 g/mol. The van der Waals surface area contributed by atoms with Gasteiger partial charge in [0.15, 0.2) is 0 Å². The fourth-order valence-electron chi connectivity index (χ4n) is 3.67. The second-order valence-electron chi connectivity index (χ2n) is 7.14. The Hall–Kier alpha value is -1.86. The van der Waals surface area contributed by atoms with Gasteiger partial charge in [0.25, 0.3) is 5.91 Å². The SMILES string of the molecule is CN1CCNC(=O)c2ccc(Br)cc2OC/C=C/CC2(CCNCC2)C1=O. The summed E-state index contributed by atoms with van der Waals surface area (Å²) in [6.45, 7) is 2.94. The van der Waals surface area contributed by atoms with Crippen molar-refractivity contribution in [1.29, 1.82) is 0 Å². The van der Waals surface area contributed by atoms with Crippen LogP contribution in [0.4, 0.5) is 0 Å². The lowest BCUT2D eigenvalue weighted by molar-refractivity contribution is -0.142. The molecule has 2 N–H and O–H groups in total.